The predicted molar refractivity (Wildman–Crippen MR) is 82.5 cm³/mol. The van der Waals surface area contributed by atoms with Crippen molar-refractivity contribution in [3.8, 4) is 0 Å². The number of hydrogen-bond acceptors (Lipinski definition) is 4. The van der Waals surface area contributed by atoms with E-state index in [1.54, 1.807) is 0 Å². The van der Waals surface area contributed by atoms with Crippen LogP contribution in [0.4, 0.5) is 0 Å². The maximum atomic E-state index is 5.90. The van der Waals surface area contributed by atoms with Crippen LogP contribution >= 0.6 is 11.8 Å². The van der Waals surface area contributed by atoms with Crippen LogP contribution in [0.3, 0.4) is 0 Å². The van der Waals surface area contributed by atoms with Crippen LogP contribution in [0, 0.1) is 0 Å². The molecule has 1 aromatic heterocycles. The zero-order chi connectivity index (χ0) is 13.8. The molecule has 0 amide bonds. The molecule has 4 heteroatoms. The Morgan fingerprint density at radius 2 is 1.89 bits per heavy atom. The van der Waals surface area contributed by atoms with Gasteiger partial charge in [-0.15, -0.1) is 0 Å². The average molecular weight is 282 g/mol. The highest BCUT2D eigenvalue weighted by molar-refractivity contribution is 8.00. The fourth-order valence-electron chi connectivity index (χ4n) is 2.54. The quantitative estimate of drug-likeness (QED) is 0.898. The van der Waals surface area contributed by atoms with Gasteiger partial charge in [0.05, 0.1) is 13.1 Å². The number of hydrogen-bond donors (Lipinski definition) is 1. The van der Waals surface area contributed by atoms with Gasteiger partial charge in [0.15, 0.2) is 0 Å². The van der Waals surface area contributed by atoms with Gasteiger partial charge in [0, 0.05) is 29.6 Å². The molecule has 0 aliphatic carbocycles. The summed E-state index contributed by atoms with van der Waals surface area (Å²) in [5.74, 6) is 2.13. The summed E-state index contributed by atoms with van der Waals surface area (Å²) in [5, 5.41) is 4.83. The van der Waals surface area contributed by atoms with E-state index < -0.39 is 0 Å². The van der Waals surface area contributed by atoms with Crippen molar-refractivity contribution < 1.29 is 4.42 Å². The van der Waals surface area contributed by atoms with E-state index in [-0.39, 0.29) is 0 Å². The maximum Gasteiger partial charge on any atom is 0.118 e. The molecule has 0 saturated carbocycles. The molecule has 2 heterocycles. The van der Waals surface area contributed by atoms with Gasteiger partial charge < -0.3 is 9.73 Å². The molecule has 0 spiro atoms. The first-order valence-electron chi connectivity index (χ1n) is 7.21. The molecule has 0 radical (unpaired) electrons. The monoisotopic (exact) mass is 282 g/mol. The second-order valence-electron chi connectivity index (χ2n) is 5.86. The molecule has 108 valence electrons. The third-order valence-corrected chi connectivity index (χ3v) is 4.50. The Morgan fingerprint density at radius 1 is 1.26 bits per heavy atom. The number of thioether (sulfide) groups is 1. The van der Waals surface area contributed by atoms with Crippen molar-refractivity contribution in [3.63, 3.8) is 0 Å². The van der Waals surface area contributed by atoms with E-state index in [1.165, 1.54) is 0 Å². The Bertz CT molecular complexity index is 381. The van der Waals surface area contributed by atoms with Crippen molar-refractivity contribution in [2.45, 2.75) is 57.3 Å². The van der Waals surface area contributed by atoms with Crippen LogP contribution in [0.5, 0.6) is 0 Å². The first-order chi connectivity index (χ1) is 9.02. The van der Waals surface area contributed by atoms with Gasteiger partial charge in [0.25, 0.3) is 0 Å². The second kappa shape index (κ2) is 6.82. The molecule has 3 nitrogen and oxygen atoms in total. The molecule has 2 rings (SSSR count). The van der Waals surface area contributed by atoms with Crippen molar-refractivity contribution in [2.75, 3.05) is 13.1 Å². The highest BCUT2D eigenvalue weighted by Gasteiger charge is 2.22. The molecule has 2 atom stereocenters. The Balaban J connectivity index is 1.85. The van der Waals surface area contributed by atoms with Gasteiger partial charge >= 0.3 is 0 Å². The Hall–Kier alpha value is -0.450. The fourth-order valence-corrected chi connectivity index (χ4v) is 3.93. The smallest absolute Gasteiger partial charge is 0.118 e. The van der Waals surface area contributed by atoms with Crippen molar-refractivity contribution in [1.82, 2.24) is 10.2 Å². The summed E-state index contributed by atoms with van der Waals surface area (Å²) in [7, 11) is 0. The largest absolute Gasteiger partial charge is 0.463 e. The van der Waals surface area contributed by atoms with Gasteiger partial charge in [-0.1, -0.05) is 27.7 Å². The highest BCUT2D eigenvalue weighted by Crippen LogP contribution is 2.26. The molecule has 1 N–H and O–H groups in total. The van der Waals surface area contributed by atoms with Crippen molar-refractivity contribution in [1.29, 1.82) is 0 Å². The Kier molecular flexibility index (Phi) is 5.37. The lowest BCUT2D eigenvalue weighted by Gasteiger charge is -2.33. The van der Waals surface area contributed by atoms with Crippen LogP contribution < -0.4 is 5.32 Å². The zero-order valence-electron chi connectivity index (χ0n) is 12.5. The van der Waals surface area contributed by atoms with Crippen LogP contribution in [-0.4, -0.2) is 34.5 Å². The standard InChI is InChI=1S/C15H26N2OS/c1-11(2)16-7-14-5-6-15(18-14)10-17-8-12(3)19-13(4)9-17/h5-6,11-13,16H,7-10H2,1-4H3. The summed E-state index contributed by atoms with van der Waals surface area (Å²) in [4.78, 5) is 2.50. The van der Waals surface area contributed by atoms with Crippen LogP contribution in [0.2, 0.25) is 0 Å². The summed E-state index contributed by atoms with van der Waals surface area (Å²) in [6.45, 7) is 13.0. The van der Waals surface area contributed by atoms with Crippen molar-refractivity contribution >= 4 is 11.8 Å². The topological polar surface area (TPSA) is 28.4 Å². The van der Waals surface area contributed by atoms with E-state index in [0.29, 0.717) is 6.04 Å². The fraction of sp³-hybridized carbons (Fsp3) is 0.733. The second-order valence-corrected chi connectivity index (χ2v) is 7.74. The lowest BCUT2D eigenvalue weighted by atomic mass is 10.3. The zero-order valence-corrected chi connectivity index (χ0v) is 13.3. The molecule has 0 bridgehead atoms. The lowest BCUT2D eigenvalue weighted by Crippen LogP contribution is -2.39. The summed E-state index contributed by atoms with van der Waals surface area (Å²) in [6.07, 6.45) is 0. The molecule has 0 aromatic carbocycles. The molecule has 1 fully saturated rings. The van der Waals surface area contributed by atoms with Gasteiger partial charge in [-0.25, -0.2) is 0 Å². The molecular weight excluding hydrogens is 256 g/mol. The normalized spacial score (nSPS) is 25.1. The Morgan fingerprint density at radius 3 is 2.53 bits per heavy atom. The molecule has 1 aliphatic heterocycles. The highest BCUT2D eigenvalue weighted by atomic mass is 32.2. The van der Waals surface area contributed by atoms with E-state index in [2.05, 4.69) is 61.8 Å². The van der Waals surface area contributed by atoms with Gasteiger partial charge in [0.1, 0.15) is 11.5 Å². The van der Waals surface area contributed by atoms with Crippen LogP contribution in [0.15, 0.2) is 16.5 Å². The number of rotatable bonds is 5. The van der Waals surface area contributed by atoms with Crippen LogP contribution in [0.25, 0.3) is 0 Å². The minimum absolute atomic E-state index is 0.495. The summed E-state index contributed by atoms with van der Waals surface area (Å²) >= 11 is 2.09. The molecule has 2 unspecified atom stereocenters. The minimum atomic E-state index is 0.495. The van der Waals surface area contributed by atoms with E-state index in [4.69, 9.17) is 4.42 Å². The number of nitrogens with one attached hydrogen (secondary N) is 1. The molecule has 1 aliphatic rings. The minimum Gasteiger partial charge on any atom is -0.463 e. The SMILES string of the molecule is CC(C)NCc1ccc(CN2CC(C)SC(C)C2)o1. The first kappa shape index (κ1) is 14.9. The molecular formula is C15H26N2OS. The van der Waals surface area contributed by atoms with E-state index in [9.17, 15) is 0 Å². The maximum absolute atomic E-state index is 5.90. The van der Waals surface area contributed by atoms with Gasteiger partial charge in [0.2, 0.25) is 0 Å². The van der Waals surface area contributed by atoms with E-state index >= 15 is 0 Å². The molecule has 1 aromatic rings. The molecule has 1 saturated heterocycles. The molecule has 19 heavy (non-hydrogen) atoms. The number of furan rings is 1. The van der Waals surface area contributed by atoms with Crippen molar-refractivity contribution in [3.05, 3.63) is 23.7 Å². The third-order valence-electron chi connectivity index (χ3n) is 3.28. The van der Waals surface area contributed by atoms with Gasteiger partial charge in [-0.2, -0.15) is 11.8 Å². The summed E-state index contributed by atoms with van der Waals surface area (Å²) < 4.78 is 5.90. The predicted octanol–water partition coefficient (Wildman–Crippen LogP) is 3.10. The van der Waals surface area contributed by atoms with Gasteiger partial charge in [-0.3, -0.25) is 4.90 Å². The van der Waals surface area contributed by atoms with Crippen LogP contribution in [-0.2, 0) is 13.1 Å². The summed E-state index contributed by atoms with van der Waals surface area (Å²) in [5.41, 5.74) is 0. The summed E-state index contributed by atoms with van der Waals surface area (Å²) in [6, 6.07) is 4.71. The third kappa shape index (κ3) is 4.86. The van der Waals surface area contributed by atoms with E-state index in [1.807, 2.05) is 0 Å². The van der Waals surface area contributed by atoms with Gasteiger partial charge in [-0.05, 0) is 12.1 Å². The lowest BCUT2D eigenvalue weighted by molar-refractivity contribution is 0.238. The first-order valence-corrected chi connectivity index (χ1v) is 8.16. The van der Waals surface area contributed by atoms with Crippen LogP contribution in [0.1, 0.15) is 39.2 Å². The Labute approximate surface area is 121 Å². The van der Waals surface area contributed by atoms with Crippen molar-refractivity contribution in [2.24, 2.45) is 0 Å². The number of nitrogens with zero attached hydrogens (tertiary/aromatic N) is 1. The average Bonchev–Trinajstić information content (AvgIpc) is 2.72. The van der Waals surface area contributed by atoms with E-state index in [0.717, 1.165) is 48.2 Å².